The van der Waals surface area contributed by atoms with Crippen LogP contribution in [0.15, 0.2) is 47.2 Å². The lowest BCUT2D eigenvalue weighted by atomic mass is 10.1. The Labute approximate surface area is 168 Å². The predicted molar refractivity (Wildman–Crippen MR) is 106 cm³/mol. The van der Waals surface area contributed by atoms with E-state index in [1.165, 1.54) is 6.20 Å². The summed E-state index contributed by atoms with van der Waals surface area (Å²) in [6.45, 7) is 5.24. The zero-order chi connectivity index (χ0) is 20.2. The molecule has 8 heteroatoms. The molecule has 4 rings (SSSR count). The van der Waals surface area contributed by atoms with E-state index in [4.69, 9.17) is 9.78 Å². The summed E-state index contributed by atoms with van der Waals surface area (Å²) in [6.07, 6.45) is 3.15. The molecule has 1 unspecified atom stereocenters. The topological polar surface area (TPSA) is 106 Å². The maximum Gasteiger partial charge on any atom is 0.183 e. The first-order chi connectivity index (χ1) is 14.2. The van der Waals surface area contributed by atoms with Crippen LogP contribution < -0.4 is 4.90 Å². The molecule has 0 bridgehead atoms. The molecule has 8 nitrogen and oxygen atoms in total. The minimum atomic E-state index is 0.0890. The van der Waals surface area contributed by atoms with Gasteiger partial charge in [0.15, 0.2) is 17.3 Å². The Morgan fingerprint density at radius 1 is 1.03 bits per heavy atom. The first-order valence-corrected chi connectivity index (χ1v) is 9.37. The summed E-state index contributed by atoms with van der Waals surface area (Å²) >= 11 is 0. The van der Waals surface area contributed by atoms with Crippen LogP contribution in [0, 0.1) is 22.7 Å². The zero-order valence-corrected chi connectivity index (χ0v) is 16.0. The monoisotopic (exact) mass is 385 g/mol. The molecule has 1 aromatic carbocycles. The van der Waals surface area contributed by atoms with Gasteiger partial charge in [-0.15, -0.1) is 0 Å². The molecule has 1 atom stereocenters. The summed E-state index contributed by atoms with van der Waals surface area (Å²) in [7, 11) is 0. The number of hydrogen-bond acceptors (Lipinski definition) is 8. The fourth-order valence-electron chi connectivity index (χ4n) is 3.51. The van der Waals surface area contributed by atoms with Crippen molar-refractivity contribution in [2.75, 3.05) is 31.1 Å². The Morgan fingerprint density at radius 2 is 1.83 bits per heavy atom. The van der Waals surface area contributed by atoms with Crippen LogP contribution in [-0.4, -0.2) is 46.2 Å². The van der Waals surface area contributed by atoms with Crippen molar-refractivity contribution in [1.82, 2.24) is 20.0 Å². The summed E-state index contributed by atoms with van der Waals surface area (Å²) in [5.74, 6) is 1.30. The van der Waals surface area contributed by atoms with Crippen LogP contribution in [0.4, 0.5) is 5.82 Å². The van der Waals surface area contributed by atoms with Gasteiger partial charge in [0.25, 0.3) is 0 Å². The third kappa shape index (κ3) is 3.79. The molecule has 144 valence electrons. The lowest BCUT2D eigenvalue weighted by molar-refractivity contribution is 0.190. The van der Waals surface area contributed by atoms with Gasteiger partial charge in [0.1, 0.15) is 11.8 Å². The number of rotatable bonds is 4. The maximum absolute atomic E-state index is 9.24. The molecule has 3 heterocycles. The highest BCUT2D eigenvalue weighted by atomic mass is 16.5. The van der Waals surface area contributed by atoms with Gasteiger partial charge < -0.3 is 9.42 Å². The highest BCUT2D eigenvalue weighted by Crippen LogP contribution is 2.27. The molecule has 1 saturated heterocycles. The van der Waals surface area contributed by atoms with Crippen molar-refractivity contribution in [2.24, 2.45) is 0 Å². The first kappa shape index (κ1) is 18.6. The summed E-state index contributed by atoms with van der Waals surface area (Å²) in [6, 6.07) is 13.6. The molecule has 1 aliphatic rings. The van der Waals surface area contributed by atoms with Gasteiger partial charge in [-0.05, 0) is 19.1 Å². The second-order valence-electron chi connectivity index (χ2n) is 6.85. The lowest BCUT2D eigenvalue weighted by Gasteiger charge is -2.37. The minimum absolute atomic E-state index is 0.0890. The Kier molecular flexibility index (Phi) is 5.19. The molecule has 1 fully saturated rings. The molecule has 3 aromatic rings. The van der Waals surface area contributed by atoms with E-state index in [2.05, 4.69) is 44.0 Å². The van der Waals surface area contributed by atoms with Crippen LogP contribution in [-0.2, 0) is 0 Å². The molecular weight excluding hydrogens is 366 g/mol. The molecule has 2 aromatic heterocycles. The molecule has 0 N–H and O–H groups in total. The van der Waals surface area contributed by atoms with Crippen molar-refractivity contribution < 1.29 is 4.52 Å². The van der Waals surface area contributed by atoms with Crippen molar-refractivity contribution in [3.8, 4) is 23.5 Å². The van der Waals surface area contributed by atoms with E-state index in [1.54, 1.807) is 18.3 Å². The average molecular weight is 385 g/mol. The van der Waals surface area contributed by atoms with Crippen LogP contribution in [0.1, 0.15) is 29.9 Å². The number of piperazine rings is 1. The van der Waals surface area contributed by atoms with Crippen molar-refractivity contribution in [3.63, 3.8) is 0 Å². The largest absolute Gasteiger partial charge is 0.356 e. The van der Waals surface area contributed by atoms with E-state index in [1.807, 2.05) is 18.2 Å². The van der Waals surface area contributed by atoms with Gasteiger partial charge in [-0.2, -0.15) is 10.5 Å². The van der Waals surface area contributed by atoms with Gasteiger partial charge in [0.2, 0.25) is 0 Å². The van der Waals surface area contributed by atoms with Gasteiger partial charge in [0, 0.05) is 50.2 Å². The van der Waals surface area contributed by atoms with Gasteiger partial charge in [-0.25, -0.2) is 9.97 Å². The Bertz CT molecular complexity index is 1090. The van der Waals surface area contributed by atoms with Gasteiger partial charge in [-0.1, -0.05) is 17.3 Å². The number of benzene rings is 1. The lowest BCUT2D eigenvalue weighted by Crippen LogP contribution is -2.47. The molecule has 29 heavy (non-hydrogen) atoms. The van der Waals surface area contributed by atoms with Crippen LogP contribution in [0.25, 0.3) is 11.3 Å². The second-order valence-corrected chi connectivity index (χ2v) is 6.85. The average Bonchev–Trinajstić information content (AvgIpc) is 3.29. The summed E-state index contributed by atoms with van der Waals surface area (Å²) in [5, 5.41) is 22.6. The molecule has 0 radical (unpaired) electrons. The number of nitrogens with zero attached hydrogens (tertiary/aromatic N) is 7. The highest BCUT2D eigenvalue weighted by Gasteiger charge is 2.26. The van der Waals surface area contributed by atoms with Crippen molar-refractivity contribution in [3.05, 3.63) is 59.7 Å². The van der Waals surface area contributed by atoms with Crippen molar-refractivity contribution in [1.29, 1.82) is 10.5 Å². The number of nitriles is 2. The second kappa shape index (κ2) is 8.09. The van der Waals surface area contributed by atoms with E-state index >= 15 is 0 Å². The molecular formula is C21H19N7O. The number of aromatic nitrogens is 3. The molecule has 1 aliphatic heterocycles. The van der Waals surface area contributed by atoms with E-state index < -0.39 is 0 Å². The van der Waals surface area contributed by atoms with E-state index in [0.717, 1.165) is 37.4 Å². The summed E-state index contributed by atoms with van der Waals surface area (Å²) in [4.78, 5) is 12.8. The van der Waals surface area contributed by atoms with Gasteiger partial charge in [0.05, 0.1) is 17.7 Å². The van der Waals surface area contributed by atoms with E-state index in [9.17, 15) is 5.26 Å². The SMILES string of the molecule is CC(c1cc(-c2cccc(C#N)c2)on1)N1CCN(c2nccnc2C#N)CC1. The fraction of sp³-hybridized carbons (Fsp3) is 0.286. The Morgan fingerprint density at radius 3 is 2.59 bits per heavy atom. The third-order valence-electron chi connectivity index (χ3n) is 5.18. The van der Waals surface area contributed by atoms with E-state index in [0.29, 0.717) is 22.8 Å². The summed E-state index contributed by atoms with van der Waals surface area (Å²) < 4.78 is 5.53. The molecule has 0 aliphatic carbocycles. The fourth-order valence-corrected chi connectivity index (χ4v) is 3.51. The van der Waals surface area contributed by atoms with Crippen LogP contribution in [0.5, 0.6) is 0 Å². The van der Waals surface area contributed by atoms with Crippen molar-refractivity contribution >= 4 is 5.82 Å². The Hall–Kier alpha value is -3.75. The highest BCUT2D eigenvalue weighted by molar-refractivity contribution is 5.60. The first-order valence-electron chi connectivity index (χ1n) is 9.37. The predicted octanol–water partition coefficient (Wildman–Crippen LogP) is 2.76. The molecule has 0 amide bonds. The Balaban J connectivity index is 1.44. The maximum atomic E-state index is 9.24. The summed E-state index contributed by atoms with van der Waals surface area (Å²) in [5.41, 5.74) is 2.64. The zero-order valence-electron chi connectivity index (χ0n) is 16.0. The molecule has 0 spiro atoms. The van der Waals surface area contributed by atoms with Gasteiger partial charge >= 0.3 is 0 Å². The quantitative estimate of drug-likeness (QED) is 0.675. The number of anilines is 1. The molecule has 0 saturated carbocycles. The minimum Gasteiger partial charge on any atom is -0.356 e. The van der Waals surface area contributed by atoms with E-state index in [-0.39, 0.29) is 6.04 Å². The standard InChI is InChI=1S/C21H19N7O/c1-15(18-12-20(29-26-18)17-4-2-3-16(11-17)13-22)27-7-9-28(10-8-27)21-19(14-23)24-5-6-25-21/h2-6,11-12,15H,7-10H2,1H3. The third-order valence-corrected chi connectivity index (χ3v) is 5.18. The van der Waals surface area contributed by atoms with Crippen LogP contribution in [0.2, 0.25) is 0 Å². The van der Waals surface area contributed by atoms with Gasteiger partial charge in [-0.3, -0.25) is 4.90 Å². The normalized spacial score (nSPS) is 15.5. The smallest absolute Gasteiger partial charge is 0.183 e. The van der Waals surface area contributed by atoms with Crippen LogP contribution >= 0.6 is 0 Å². The number of hydrogen-bond donors (Lipinski definition) is 0. The van der Waals surface area contributed by atoms with Crippen LogP contribution in [0.3, 0.4) is 0 Å². The van der Waals surface area contributed by atoms with Crippen molar-refractivity contribution in [2.45, 2.75) is 13.0 Å².